The number of rotatable bonds is 5. The lowest BCUT2D eigenvalue weighted by molar-refractivity contribution is -0.122. The summed E-state index contributed by atoms with van der Waals surface area (Å²) >= 11 is 0. The first-order valence-electron chi connectivity index (χ1n) is 8.38. The second-order valence-electron chi connectivity index (χ2n) is 6.94. The third-order valence-electron chi connectivity index (χ3n) is 5.07. The summed E-state index contributed by atoms with van der Waals surface area (Å²) in [5.74, 6) is 0.119. The Labute approximate surface area is 145 Å². The molecular weight excluding hydrogens is 310 g/mol. The van der Waals surface area contributed by atoms with Crippen molar-refractivity contribution < 1.29 is 4.79 Å². The number of carbonyl (C=O) groups is 1. The van der Waals surface area contributed by atoms with Gasteiger partial charge >= 0.3 is 0 Å². The molecule has 1 amide bonds. The fourth-order valence-electron chi connectivity index (χ4n) is 3.71. The number of halogens is 1. The van der Waals surface area contributed by atoms with Gasteiger partial charge in [0, 0.05) is 24.7 Å². The van der Waals surface area contributed by atoms with Gasteiger partial charge in [0.15, 0.2) is 0 Å². The third kappa shape index (κ3) is 4.93. The summed E-state index contributed by atoms with van der Waals surface area (Å²) in [4.78, 5) is 14.4. The predicted molar refractivity (Wildman–Crippen MR) is 95.9 cm³/mol. The van der Waals surface area contributed by atoms with Crippen molar-refractivity contribution >= 4 is 18.3 Å². The molecule has 0 aliphatic carbocycles. The second kappa shape index (κ2) is 8.13. The van der Waals surface area contributed by atoms with Crippen LogP contribution in [0.3, 0.4) is 0 Å². The van der Waals surface area contributed by atoms with Gasteiger partial charge in [0.25, 0.3) is 0 Å². The van der Waals surface area contributed by atoms with Crippen molar-refractivity contribution in [2.75, 3.05) is 13.6 Å². The van der Waals surface area contributed by atoms with E-state index in [4.69, 9.17) is 0 Å². The minimum absolute atomic E-state index is 0. The van der Waals surface area contributed by atoms with Gasteiger partial charge in [-0.3, -0.25) is 9.69 Å². The van der Waals surface area contributed by atoms with Crippen LogP contribution in [-0.4, -0.2) is 42.5 Å². The number of likely N-dealkylation sites (N-methyl/N-ethyl adjacent to an activating group) is 1. The maximum absolute atomic E-state index is 12.1. The standard InChI is InChI=1S/C18H27N3O.ClH/c1-13-3-5-14(6-4-13)11-19-18(22)12-21(2)17-9-15-7-8-16(10-17)20-15;/h3-6,15-17,20H,7-12H2,1-2H3,(H,19,22);1H. The molecular formula is C18H28ClN3O. The van der Waals surface area contributed by atoms with Crippen molar-refractivity contribution in [3.05, 3.63) is 35.4 Å². The third-order valence-corrected chi connectivity index (χ3v) is 5.07. The van der Waals surface area contributed by atoms with Gasteiger partial charge in [-0.25, -0.2) is 0 Å². The molecule has 128 valence electrons. The average Bonchev–Trinajstić information content (AvgIpc) is 2.85. The molecule has 0 radical (unpaired) electrons. The molecule has 3 rings (SSSR count). The molecule has 2 aliphatic heterocycles. The number of carbonyl (C=O) groups excluding carboxylic acids is 1. The fraction of sp³-hybridized carbons (Fsp3) is 0.611. The molecule has 1 aromatic carbocycles. The van der Waals surface area contributed by atoms with Crippen molar-refractivity contribution in [2.24, 2.45) is 0 Å². The van der Waals surface area contributed by atoms with Crippen LogP contribution in [0.15, 0.2) is 24.3 Å². The van der Waals surface area contributed by atoms with Gasteiger partial charge in [-0.1, -0.05) is 29.8 Å². The Morgan fingerprint density at radius 2 is 1.83 bits per heavy atom. The van der Waals surface area contributed by atoms with Crippen molar-refractivity contribution in [3.8, 4) is 0 Å². The Morgan fingerprint density at radius 3 is 2.43 bits per heavy atom. The molecule has 0 spiro atoms. The molecule has 2 bridgehead atoms. The molecule has 2 N–H and O–H groups in total. The summed E-state index contributed by atoms with van der Waals surface area (Å²) in [5, 5.41) is 6.68. The largest absolute Gasteiger partial charge is 0.351 e. The number of nitrogens with zero attached hydrogens (tertiary/aromatic N) is 1. The SMILES string of the molecule is Cc1ccc(CNC(=O)CN(C)C2CC3CCC(C2)N3)cc1.Cl. The highest BCUT2D eigenvalue weighted by Crippen LogP contribution is 2.29. The van der Waals surface area contributed by atoms with Crippen molar-refractivity contribution in [2.45, 2.75) is 57.3 Å². The number of hydrogen-bond acceptors (Lipinski definition) is 3. The first kappa shape index (κ1) is 18.2. The van der Waals surface area contributed by atoms with E-state index in [1.54, 1.807) is 0 Å². The zero-order valence-electron chi connectivity index (χ0n) is 14.0. The van der Waals surface area contributed by atoms with Crippen LogP contribution in [-0.2, 0) is 11.3 Å². The highest BCUT2D eigenvalue weighted by atomic mass is 35.5. The van der Waals surface area contributed by atoms with Gasteiger partial charge in [0.05, 0.1) is 6.54 Å². The molecule has 4 nitrogen and oxygen atoms in total. The van der Waals surface area contributed by atoms with Crippen LogP contribution in [0.25, 0.3) is 0 Å². The van der Waals surface area contributed by atoms with Crippen LogP contribution in [0, 0.1) is 6.92 Å². The molecule has 1 aromatic rings. The Morgan fingerprint density at radius 1 is 1.22 bits per heavy atom. The topological polar surface area (TPSA) is 44.4 Å². The summed E-state index contributed by atoms with van der Waals surface area (Å²) in [6, 6.07) is 10.2. The molecule has 0 aromatic heterocycles. The number of hydrogen-bond donors (Lipinski definition) is 2. The van der Waals surface area contributed by atoms with E-state index < -0.39 is 0 Å². The van der Waals surface area contributed by atoms with E-state index in [1.807, 2.05) is 0 Å². The summed E-state index contributed by atoms with van der Waals surface area (Å²) in [5.41, 5.74) is 2.40. The quantitative estimate of drug-likeness (QED) is 0.866. The molecule has 2 heterocycles. The van der Waals surface area contributed by atoms with Crippen LogP contribution < -0.4 is 10.6 Å². The van der Waals surface area contributed by atoms with Crippen LogP contribution >= 0.6 is 12.4 Å². The van der Waals surface area contributed by atoms with Crippen molar-refractivity contribution in [1.29, 1.82) is 0 Å². The lowest BCUT2D eigenvalue weighted by Crippen LogP contribution is -2.49. The number of amides is 1. The maximum Gasteiger partial charge on any atom is 0.234 e. The number of aryl methyl sites for hydroxylation is 1. The molecule has 23 heavy (non-hydrogen) atoms. The van der Waals surface area contributed by atoms with Gasteiger partial charge in [-0.2, -0.15) is 0 Å². The molecule has 2 atom stereocenters. The first-order chi connectivity index (χ1) is 10.6. The average molecular weight is 338 g/mol. The zero-order valence-corrected chi connectivity index (χ0v) is 14.9. The Hall–Kier alpha value is -1.10. The summed E-state index contributed by atoms with van der Waals surface area (Å²) in [7, 11) is 2.08. The highest BCUT2D eigenvalue weighted by Gasteiger charge is 2.35. The van der Waals surface area contributed by atoms with Crippen LogP contribution in [0.4, 0.5) is 0 Å². The number of nitrogens with one attached hydrogen (secondary N) is 2. The Balaban J connectivity index is 0.00000192. The fourth-order valence-corrected chi connectivity index (χ4v) is 3.71. The Kier molecular flexibility index (Phi) is 6.45. The van der Waals surface area contributed by atoms with Gasteiger partial charge in [-0.15, -0.1) is 12.4 Å². The monoisotopic (exact) mass is 337 g/mol. The van der Waals surface area contributed by atoms with Crippen LogP contribution in [0.5, 0.6) is 0 Å². The summed E-state index contributed by atoms with van der Waals surface area (Å²) < 4.78 is 0. The minimum atomic E-state index is 0. The lowest BCUT2D eigenvalue weighted by atomic mass is 9.98. The number of fused-ring (bicyclic) bond motifs is 2. The molecule has 2 fully saturated rings. The highest BCUT2D eigenvalue weighted by molar-refractivity contribution is 5.85. The normalized spacial score (nSPS) is 26.0. The van der Waals surface area contributed by atoms with E-state index in [-0.39, 0.29) is 18.3 Å². The summed E-state index contributed by atoms with van der Waals surface area (Å²) in [6.45, 7) is 3.18. The van der Waals surface area contributed by atoms with Gasteiger partial charge in [0.2, 0.25) is 5.91 Å². The molecule has 2 unspecified atom stereocenters. The maximum atomic E-state index is 12.1. The second-order valence-corrected chi connectivity index (χ2v) is 6.94. The minimum Gasteiger partial charge on any atom is -0.351 e. The van der Waals surface area contributed by atoms with Gasteiger partial charge < -0.3 is 10.6 Å². The first-order valence-corrected chi connectivity index (χ1v) is 8.38. The van der Waals surface area contributed by atoms with Crippen molar-refractivity contribution in [1.82, 2.24) is 15.5 Å². The van der Waals surface area contributed by atoms with Crippen molar-refractivity contribution in [3.63, 3.8) is 0 Å². The van der Waals surface area contributed by atoms with E-state index >= 15 is 0 Å². The molecule has 2 aliphatic rings. The summed E-state index contributed by atoms with van der Waals surface area (Å²) in [6.07, 6.45) is 4.96. The van der Waals surface area contributed by atoms with Crippen LogP contribution in [0.1, 0.15) is 36.8 Å². The number of piperidine rings is 1. The lowest BCUT2D eigenvalue weighted by Gasteiger charge is -2.35. The molecule has 2 saturated heterocycles. The molecule has 5 heteroatoms. The van der Waals surface area contributed by atoms with Crippen LogP contribution in [0.2, 0.25) is 0 Å². The van der Waals surface area contributed by atoms with E-state index in [2.05, 4.69) is 53.8 Å². The molecule has 0 saturated carbocycles. The van der Waals surface area contributed by atoms with Gasteiger partial charge in [0.1, 0.15) is 0 Å². The zero-order chi connectivity index (χ0) is 15.5. The smallest absolute Gasteiger partial charge is 0.234 e. The van der Waals surface area contributed by atoms with E-state index in [1.165, 1.54) is 31.2 Å². The predicted octanol–water partition coefficient (Wildman–Crippen LogP) is 2.25. The van der Waals surface area contributed by atoms with Gasteiger partial charge in [-0.05, 0) is 45.2 Å². The van der Waals surface area contributed by atoms with E-state index in [0.717, 1.165) is 5.56 Å². The Bertz CT molecular complexity index is 508. The van der Waals surface area contributed by atoms with E-state index in [9.17, 15) is 4.79 Å². The number of benzene rings is 1. The van der Waals surface area contributed by atoms with E-state index in [0.29, 0.717) is 31.2 Å².